The summed E-state index contributed by atoms with van der Waals surface area (Å²) >= 11 is 0. The van der Waals surface area contributed by atoms with E-state index in [-0.39, 0.29) is 20.9 Å². The summed E-state index contributed by atoms with van der Waals surface area (Å²) in [6.07, 6.45) is 0. The standard InChI is InChI=1S/C21H23NO5S2/c1-13-5-9-17(10-6-13)28(24,25)16(4)19-15(3)20(23)22-21(19)29(26,27)18-11-7-14(2)8-12-18/h5-12,16,21H,1-4H3,(H,22,23). The predicted molar refractivity (Wildman–Crippen MR) is 111 cm³/mol. The van der Waals surface area contributed by atoms with Gasteiger partial charge in [0.2, 0.25) is 15.7 Å². The molecule has 0 saturated heterocycles. The molecule has 2 atom stereocenters. The minimum atomic E-state index is -4.02. The Bertz CT molecular complexity index is 1190. The Morgan fingerprint density at radius 3 is 1.72 bits per heavy atom. The van der Waals surface area contributed by atoms with Crippen LogP contribution in [-0.2, 0) is 24.5 Å². The Balaban J connectivity index is 2.09. The molecule has 1 heterocycles. The van der Waals surface area contributed by atoms with Crippen LogP contribution in [0.15, 0.2) is 69.5 Å². The summed E-state index contributed by atoms with van der Waals surface area (Å²) in [6.45, 7) is 6.55. The second-order valence-electron chi connectivity index (χ2n) is 7.29. The Labute approximate surface area is 171 Å². The minimum Gasteiger partial charge on any atom is -0.332 e. The number of aryl methyl sites for hydroxylation is 2. The minimum absolute atomic E-state index is 0.0283. The van der Waals surface area contributed by atoms with Crippen LogP contribution in [0.25, 0.3) is 0 Å². The van der Waals surface area contributed by atoms with E-state index in [1.807, 2.05) is 13.8 Å². The molecule has 2 aromatic rings. The number of amides is 1. The van der Waals surface area contributed by atoms with Gasteiger partial charge in [-0.15, -0.1) is 0 Å². The topological polar surface area (TPSA) is 97.4 Å². The Hall–Kier alpha value is -2.45. The number of hydrogen-bond acceptors (Lipinski definition) is 5. The number of hydrogen-bond donors (Lipinski definition) is 1. The maximum absolute atomic E-state index is 13.2. The Kier molecular flexibility index (Phi) is 5.44. The molecule has 0 bridgehead atoms. The van der Waals surface area contributed by atoms with Crippen molar-refractivity contribution in [2.24, 2.45) is 0 Å². The van der Waals surface area contributed by atoms with Gasteiger partial charge in [0.25, 0.3) is 0 Å². The number of sulfone groups is 2. The van der Waals surface area contributed by atoms with Crippen molar-refractivity contribution >= 4 is 25.6 Å². The van der Waals surface area contributed by atoms with Gasteiger partial charge in [-0.05, 0) is 57.5 Å². The van der Waals surface area contributed by atoms with Gasteiger partial charge < -0.3 is 5.32 Å². The summed E-state index contributed by atoms with van der Waals surface area (Å²) in [4.78, 5) is 12.4. The Morgan fingerprint density at radius 2 is 1.24 bits per heavy atom. The summed E-state index contributed by atoms with van der Waals surface area (Å²) in [5.41, 5.74) is 1.98. The molecular formula is C21H23NO5S2. The van der Waals surface area contributed by atoms with E-state index < -0.39 is 36.2 Å². The molecule has 8 heteroatoms. The van der Waals surface area contributed by atoms with Gasteiger partial charge in [0.15, 0.2) is 15.2 Å². The molecule has 0 spiro atoms. The van der Waals surface area contributed by atoms with E-state index in [1.165, 1.54) is 38.1 Å². The molecule has 0 aliphatic carbocycles. The predicted octanol–water partition coefficient (Wildman–Crippen LogP) is 2.71. The smallest absolute Gasteiger partial charge is 0.248 e. The van der Waals surface area contributed by atoms with Crippen LogP contribution in [0.2, 0.25) is 0 Å². The van der Waals surface area contributed by atoms with E-state index in [1.54, 1.807) is 24.3 Å². The van der Waals surface area contributed by atoms with Gasteiger partial charge in [0.1, 0.15) is 0 Å². The van der Waals surface area contributed by atoms with Crippen LogP contribution < -0.4 is 5.32 Å². The maximum Gasteiger partial charge on any atom is 0.248 e. The van der Waals surface area contributed by atoms with Gasteiger partial charge in [-0.2, -0.15) is 0 Å². The number of carbonyl (C=O) groups excluding carboxylic acids is 1. The van der Waals surface area contributed by atoms with E-state index in [4.69, 9.17) is 0 Å². The van der Waals surface area contributed by atoms with Crippen LogP contribution in [0.5, 0.6) is 0 Å². The molecule has 2 unspecified atom stereocenters. The van der Waals surface area contributed by atoms with Crippen LogP contribution in [0, 0.1) is 13.8 Å². The monoisotopic (exact) mass is 433 g/mol. The molecule has 1 aliphatic heterocycles. The molecule has 6 nitrogen and oxygen atoms in total. The van der Waals surface area contributed by atoms with Gasteiger partial charge in [-0.3, -0.25) is 4.79 Å². The van der Waals surface area contributed by atoms with Crippen LogP contribution >= 0.6 is 0 Å². The molecule has 0 saturated carbocycles. The van der Waals surface area contributed by atoms with E-state index in [9.17, 15) is 21.6 Å². The zero-order chi connectivity index (χ0) is 21.6. The third-order valence-corrected chi connectivity index (χ3v) is 9.27. The second-order valence-corrected chi connectivity index (χ2v) is 11.6. The molecule has 0 aromatic heterocycles. The highest BCUT2D eigenvalue weighted by atomic mass is 32.2. The van der Waals surface area contributed by atoms with Crippen molar-refractivity contribution in [3.05, 3.63) is 70.8 Å². The summed E-state index contributed by atoms with van der Waals surface area (Å²) < 4.78 is 52.8. The first-order valence-corrected chi connectivity index (χ1v) is 12.2. The zero-order valence-electron chi connectivity index (χ0n) is 16.6. The van der Waals surface area contributed by atoms with Gasteiger partial charge in [-0.1, -0.05) is 35.4 Å². The fraction of sp³-hybridized carbons (Fsp3) is 0.286. The molecule has 1 amide bonds. The van der Waals surface area contributed by atoms with Crippen molar-refractivity contribution in [2.45, 2.75) is 48.1 Å². The van der Waals surface area contributed by atoms with Gasteiger partial charge in [0.05, 0.1) is 15.0 Å². The molecule has 1 aliphatic rings. The van der Waals surface area contributed by atoms with Crippen LogP contribution in [0.1, 0.15) is 25.0 Å². The lowest BCUT2D eigenvalue weighted by molar-refractivity contribution is -0.116. The van der Waals surface area contributed by atoms with Gasteiger partial charge in [-0.25, -0.2) is 16.8 Å². The van der Waals surface area contributed by atoms with Crippen molar-refractivity contribution in [1.29, 1.82) is 0 Å². The van der Waals surface area contributed by atoms with Crippen molar-refractivity contribution in [3.63, 3.8) is 0 Å². The molecule has 2 aromatic carbocycles. The third-order valence-electron chi connectivity index (χ3n) is 5.23. The van der Waals surface area contributed by atoms with Gasteiger partial charge >= 0.3 is 0 Å². The number of nitrogens with one attached hydrogen (secondary N) is 1. The van der Waals surface area contributed by atoms with E-state index in [0.29, 0.717) is 0 Å². The highest BCUT2D eigenvalue weighted by Crippen LogP contribution is 2.33. The fourth-order valence-corrected chi connectivity index (χ4v) is 6.78. The molecular weight excluding hydrogens is 410 g/mol. The normalized spacial score (nSPS) is 18.6. The van der Waals surface area contributed by atoms with E-state index >= 15 is 0 Å². The molecule has 0 fully saturated rings. The van der Waals surface area contributed by atoms with E-state index in [0.717, 1.165) is 11.1 Å². The summed E-state index contributed by atoms with van der Waals surface area (Å²) in [5, 5.41) is -0.154. The molecule has 3 rings (SSSR count). The summed E-state index contributed by atoms with van der Waals surface area (Å²) in [5.74, 6) is -0.577. The van der Waals surface area contributed by atoms with Crippen molar-refractivity contribution in [1.82, 2.24) is 5.32 Å². The Morgan fingerprint density at radius 1 is 0.793 bits per heavy atom. The number of rotatable bonds is 5. The summed E-state index contributed by atoms with van der Waals surface area (Å²) in [7, 11) is -7.91. The average molecular weight is 434 g/mol. The average Bonchev–Trinajstić information content (AvgIpc) is 2.97. The quantitative estimate of drug-likeness (QED) is 0.782. The lowest BCUT2D eigenvalue weighted by Crippen LogP contribution is -2.39. The molecule has 29 heavy (non-hydrogen) atoms. The summed E-state index contributed by atoms with van der Waals surface area (Å²) in [6, 6.07) is 12.6. The highest BCUT2D eigenvalue weighted by molar-refractivity contribution is 7.93. The number of carbonyl (C=O) groups is 1. The first-order valence-electron chi connectivity index (χ1n) is 9.09. The van der Waals surface area contributed by atoms with Crippen molar-refractivity contribution in [2.75, 3.05) is 0 Å². The van der Waals surface area contributed by atoms with Crippen molar-refractivity contribution < 1.29 is 21.6 Å². The van der Waals surface area contributed by atoms with Crippen LogP contribution in [0.3, 0.4) is 0 Å². The largest absolute Gasteiger partial charge is 0.332 e. The zero-order valence-corrected chi connectivity index (χ0v) is 18.3. The third kappa shape index (κ3) is 3.74. The van der Waals surface area contributed by atoms with Crippen LogP contribution in [0.4, 0.5) is 0 Å². The second kappa shape index (κ2) is 7.42. The first kappa shape index (κ1) is 21.3. The molecule has 154 valence electrons. The lowest BCUT2D eigenvalue weighted by Gasteiger charge is -2.22. The fourth-order valence-electron chi connectivity index (χ4n) is 3.36. The van der Waals surface area contributed by atoms with E-state index in [2.05, 4.69) is 5.32 Å². The number of benzene rings is 2. The first-order chi connectivity index (χ1) is 13.5. The highest BCUT2D eigenvalue weighted by Gasteiger charge is 2.44. The maximum atomic E-state index is 13.2. The van der Waals surface area contributed by atoms with Gasteiger partial charge in [0, 0.05) is 5.57 Å². The van der Waals surface area contributed by atoms with Crippen LogP contribution in [-0.4, -0.2) is 33.4 Å². The van der Waals surface area contributed by atoms with Crippen molar-refractivity contribution in [3.8, 4) is 0 Å². The molecule has 1 N–H and O–H groups in total. The SMILES string of the molecule is CC1=C(C(C)S(=O)(=O)c2ccc(C)cc2)C(S(=O)(=O)c2ccc(C)cc2)NC1=O. The molecule has 0 radical (unpaired) electrons. The lowest BCUT2D eigenvalue weighted by atomic mass is 10.1.